The predicted molar refractivity (Wildman–Crippen MR) is 173 cm³/mol. The van der Waals surface area contributed by atoms with E-state index in [-0.39, 0.29) is 23.7 Å². The first-order valence-corrected chi connectivity index (χ1v) is 15.8. The summed E-state index contributed by atoms with van der Waals surface area (Å²) in [5.74, 6) is 0.858. The van der Waals surface area contributed by atoms with E-state index in [1.165, 1.54) is 45.5 Å². The quantitative estimate of drug-likeness (QED) is 0.175. The standard InChI is InChI=1S/C34H35FN4O6S/c1-34(2,3)45-33(40)37-26-18-31-30(20-36-39(31)27-12-10-25(35)11-13-27)32(19-26)46(41,42)38(21-23-6-14-28(43-4)15-7-23)22-24-8-16-29(44-5)17-9-24/h6-20H,21-22H2,1-5H3,(H,37,40). The number of amides is 1. The second kappa shape index (κ2) is 13.2. The van der Waals surface area contributed by atoms with Crippen molar-refractivity contribution in [3.63, 3.8) is 0 Å². The Balaban J connectivity index is 1.64. The Hall–Kier alpha value is -4.94. The van der Waals surface area contributed by atoms with Crippen LogP contribution in [0.3, 0.4) is 0 Å². The van der Waals surface area contributed by atoms with Crippen LogP contribution in [0.2, 0.25) is 0 Å². The molecule has 0 unspecified atom stereocenters. The maximum absolute atomic E-state index is 14.7. The molecule has 4 aromatic carbocycles. The normalized spacial score (nSPS) is 11.9. The van der Waals surface area contributed by atoms with Crippen molar-refractivity contribution in [2.75, 3.05) is 19.5 Å². The zero-order chi connectivity index (χ0) is 33.1. The molecule has 240 valence electrons. The molecule has 0 aliphatic rings. The van der Waals surface area contributed by atoms with Crippen LogP contribution in [-0.2, 0) is 27.8 Å². The van der Waals surface area contributed by atoms with Gasteiger partial charge in [-0.15, -0.1) is 0 Å². The van der Waals surface area contributed by atoms with E-state index in [0.29, 0.717) is 28.1 Å². The molecule has 0 spiro atoms. The minimum absolute atomic E-state index is 0.0374. The number of nitrogens with one attached hydrogen (secondary N) is 1. The number of hydrogen-bond acceptors (Lipinski definition) is 7. The minimum Gasteiger partial charge on any atom is -0.497 e. The highest BCUT2D eigenvalue weighted by Crippen LogP contribution is 2.33. The maximum atomic E-state index is 14.7. The molecule has 0 radical (unpaired) electrons. The summed E-state index contributed by atoms with van der Waals surface area (Å²) < 4.78 is 62.0. The zero-order valence-electron chi connectivity index (χ0n) is 26.2. The highest BCUT2D eigenvalue weighted by atomic mass is 32.2. The third-order valence-corrected chi connectivity index (χ3v) is 8.85. The Morgan fingerprint density at radius 1 is 0.870 bits per heavy atom. The van der Waals surface area contributed by atoms with Crippen LogP contribution in [0.25, 0.3) is 16.6 Å². The van der Waals surface area contributed by atoms with E-state index in [9.17, 15) is 17.6 Å². The van der Waals surface area contributed by atoms with Crippen molar-refractivity contribution < 1.29 is 31.8 Å². The number of sulfonamides is 1. The molecule has 5 aromatic rings. The summed E-state index contributed by atoms with van der Waals surface area (Å²) in [4.78, 5) is 12.7. The second-order valence-electron chi connectivity index (χ2n) is 11.5. The van der Waals surface area contributed by atoms with E-state index in [4.69, 9.17) is 14.2 Å². The smallest absolute Gasteiger partial charge is 0.412 e. The summed E-state index contributed by atoms with van der Waals surface area (Å²) >= 11 is 0. The molecule has 0 fully saturated rings. The monoisotopic (exact) mass is 646 g/mol. The summed E-state index contributed by atoms with van der Waals surface area (Å²) in [6, 6.07) is 22.9. The highest BCUT2D eigenvalue weighted by Gasteiger charge is 2.30. The van der Waals surface area contributed by atoms with Crippen LogP contribution in [0, 0.1) is 5.82 Å². The van der Waals surface area contributed by atoms with Crippen molar-refractivity contribution in [2.45, 2.75) is 44.4 Å². The van der Waals surface area contributed by atoms with Gasteiger partial charge in [-0.05, 0) is 92.6 Å². The van der Waals surface area contributed by atoms with Gasteiger partial charge in [0.05, 0.1) is 36.5 Å². The third-order valence-electron chi connectivity index (χ3n) is 7.02. The van der Waals surface area contributed by atoms with Crippen molar-refractivity contribution in [1.29, 1.82) is 0 Å². The van der Waals surface area contributed by atoms with Crippen molar-refractivity contribution in [3.05, 3.63) is 108 Å². The molecule has 46 heavy (non-hydrogen) atoms. The molecular weight excluding hydrogens is 611 g/mol. The lowest BCUT2D eigenvalue weighted by Gasteiger charge is -2.24. The minimum atomic E-state index is -4.26. The van der Waals surface area contributed by atoms with E-state index >= 15 is 0 Å². The molecule has 0 saturated heterocycles. The van der Waals surface area contributed by atoms with E-state index in [1.54, 1.807) is 89.6 Å². The van der Waals surface area contributed by atoms with Crippen molar-refractivity contribution in [3.8, 4) is 17.2 Å². The number of ether oxygens (including phenoxy) is 3. The van der Waals surface area contributed by atoms with E-state index in [2.05, 4.69) is 10.4 Å². The molecule has 12 heteroatoms. The number of aromatic nitrogens is 2. The fourth-order valence-corrected chi connectivity index (χ4v) is 6.45. The first-order chi connectivity index (χ1) is 21.9. The number of halogens is 1. The van der Waals surface area contributed by atoms with Gasteiger partial charge in [-0.3, -0.25) is 5.32 Å². The number of hydrogen-bond donors (Lipinski definition) is 1. The van der Waals surface area contributed by atoms with Gasteiger partial charge in [0, 0.05) is 24.2 Å². The summed E-state index contributed by atoms with van der Waals surface area (Å²) in [6.07, 6.45) is 0.693. The van der Waals surface area contributed by atoms with Gasteiger partial charge in [-0.25, -0.2) is 22.3 Å². The van der Waals surface area contributed by atoms with Gasteiger partial charge in [0.2, 0.25) is 10.0 Å². The summed E-state index contributed by atoms with van der Waals surface area (Å²) in [6.45, 7) is 5.26. The number of methoxy groups -OCH3 is 2. The molecular formula is C34H35FN4O6S. The van der Waals surface area contributed by atoms with E-state index in [0.717, 1.165) is 11.1 Å². The number of anilines is 1. The molecule has 0 atom stereocenters. The summed E-state index contributed by atoms with van der Waals surface area (Å²) in [7, 11) is -1.14. The lowest BCUT2D eigenvalue weighted by molar-refractivity contribution is 0.0636. The van der Waals surface area contributed by atoms with Crippen molar-refractivity contribution >= 4 is 32.7 Å². The topological polar surface area (TPSA) is 112 Å². The molecule has 1 heterocycles. The molecule has 0 aliphatic carbocycles. The van der Waals surface area contributed by atoms with Gasteiger partial charge < -0.3 is 14.2 Å². The third kappa shape index (κ3) is 7.47. The van der Waals surface area contributed by atoms with Crippen molar-refractivity contribution in [1.82, 2.24) is 14.1 Å². The first kappa shape index (κ1) is 32.5. The van der Waals surface area contributed by atoms with Crippen LogP contribution in [0.1, 0.15) is 31.9 Å². The molecule has 0 bridgehead atoms. The molecule has 0 aliphatic heterocycles. The van der Waals surface area contributed by atoms with Crippen LogP contribution in [0.15, 0.2) is 96.0 Å². The fraction of sp³-hybridized carbons (Fsp3) is 0.235. The lowest BCUT2D eigenvalue weighted by atomic mass is 10.2. The predicted octanol–water partition coefficient (Wildman–Crippen LogP) is 6.92. The van der Waals surface area contributed by atoms with Gasteiger partial charge in [0.25, 0.3) is 0 Å². The fourth-order valence-electron chi connectivity index (χ4n) is 4.82. The van der Waals surface area contributed by atoms with Gasteiger partial charge >= 0.3 is 6.09 Å². The Morgan fingerprint density at radius 3 is 1.91 bits per heavy atom. The van der Waals surface area contributed by atoms with Gasteiger partial charge in [0.15, 0.2) is 0 Å². The summed E-state index contributed by atoms with van der Waals surface area (Å²) in [5, 5.41) is 7.44. The molecule has 1 amide bonds. The average Bonchev–Trinajstić information content (AvgIpc) is 3.44. The SMILES string of the molecule is COc1ccc(CN(Cc2ccc(OC)cc2)S(=O)(=O)c2cc(NC(=O)OC(C)(C)C)cc3c2cnn3-c2ccc(F)cc2)cc1. The van der Waals surface area contributed by atoms with Gasteiger partial charge in [0.1, 0.15) is 22.9 Å². The first-order valence-electron chi connectivity index (χ1n) is 14.4. The maximum Gasteiger partial charge on any atom is 0.412 e. The highest BCUT2D eigenvalue weighted by molar-refractivity contribution is 7.89. The lowest BCUT2D eigenvalue weighted by Crippen LogP contribution is -2.31. The van der Waals surface area contributed by atoms with Crippen LogP contribution in [0.5, 0.6) is 11.5 Å². The summed E-state index contributed by atoms with van der Waals surface area (Å²) in [5.41, 5.74) is 1.75. The molecule has 1 N–H and O–H groups in total. The number of carbonyl (C=O) groups excluding carboxylic acids is 1. The van der Waals surface area contributed by atoms with Gasteiger partial charge in [-0.1, -0.05) is 24.3 Å². The average molecular weight is 647 g/mol. The van der Waals surface area contributed by atoms with Crippen LogP contribution < -0.4 is 14.8 Å². The number of rotatable bonds is 10. The van der Waals surface area contributed by atoms with E-state index < -0.39 is 27.5 Å². The Kier molecular flexibility index (Phi) is 9.31. The molecule has 0 saturated carbocycles. The largest absolute Gasteiger partial charge is 0.497 e. The molecule has 5 rings (SSSR count). The van der Waals surface area contributed by atoms with E-state index in [1.807, 2.05) is 0 Å². The Labute approximate surface area is 267 Å². The van der Waals surface area contributed by atoms with Crippen LogP contribution in [0.4, 0.5) is 14.9 Å². The second-order valence-corrected chi connectivity index (χ2v) is 13.4. The molecule has 1 aromatic heterocycles. The number of nitrogens with zero attached hydrogens (tertiary/aromatic N) is 3. The zero-order valence-corrected chi connectivity index (χ0v) is 27.0. The number of carbonyl (C=O) groups is 1. The van der Waals surface area contributed by atoms with Crippen LogP contribution >= 0.6 is 0 Å². The number of fused-ring (bicyclic) bond motifs is 1. The Morgan fingerprint density at radius 2 is 1.41 bits per heavy atom. The van der Waals surface area contributed by atoms with Crippen LogP contribution in [-0.4, -0.2) is 48.4 Å². The Bertz CT molecular complexity index is 1890. The molecule has 10 nitrogen and oxygen atoms in total. The van der Waals surface area contributed by atoms with Gasteiger partial charge in [-0.2, -0.15) is 9.40 Å². The van der Waals surface area contributed by atoms with Crippen molar-refractivity contribution in [2.24, 2.45) is 0 Å². The number of benzene rings is 4.